The summed E-state index contributed by atoms with van der Waals surface area (Å²) in [6.07, 6.45) is -0.654. The number of carbonyl (C=O) groups is 1. The quantitative estimate of drug-likeness (QED) is 0.458. The van der Waals surface area contributed by atoms with Gasteiger partial charge in [-0.1, -0.05) is 0 Å². The molecule has 0 unspecified atom stereocenters. The van der Waals surface area contributed by atoms with E-state index in [1.54, 1.807) is 5.94 Å². The highest BCUT2D eigenvalue weighted by atomic mass is 32.2. The first-order chi connectivity index (χ1) is 8.42. The number of carbonyl (C=O) groups excluding carboxylic acids is 2. The van der Waals surface area contributed by atoms with Crippen LogP contribution in [0.25, 0.3) is 0 Å². The van der Waals surface area contributed by atoms with Crippen molar-refractivity contribution < 1.29 is 22.2 Å². The third-order valence-electron chi connectivity index (χ3n) is 2.75. The Balaban J connectivity index is 2.17. The van der Waals surface area contributed by atoms with Gasteiger partial charge < -0.3 is 10.2 Å². The Labute approximate surface area is 104 Å². The summed E-state index contributed by atoms with van der Waals surface area (Å²) in [6.45, 7) is 1.07. The van der Waals surface area contributed by atoms with Crippen LogP contribution in [-0.4, -0.2) is 63.4 Å². The molecule has 0 saturated carbocycles. The van der Waals surface area contributed by atoms with Gasteiger partial charge in [-0.15, -0.1) is 0 Å². The molecule has 2 heterocycles. The lowest BCUT2D eigenvalue weighted by Crippen LogP contribution is -2.44. The molecule has 0 spiro atoms. The molecule has 2 aliphatic heterocycles. The molecule has 0 radical (unpaired) electrons. The van der Waals surface area contributed by atoms with Crippen LogP contribution in [-0.2, 0) is 19.1 Å². The molecule has 18 heavy (non-hydrogen) atoms. The molecule has 9 heteroatoms. The van der Waals surface area contributed by atoms with E-state index in [-0.39, 0.29) is 18.1 Å². The molecular weight excluding hydrogens is 262 g/mol. The third kappa shape index (κ3) is 2.54. The van der Waals surface area contributed by atoms with E-state index in [9.17, 15) is 18.0 Å². The Morgan fingerprint density at radius 2 is 2.22 bits per heavy atom. The summed E-state index contributed by atoms with van der Waals surface area (Å²) >= 11 is 0. The van der Waals surface area contributed by atoms with Gasteiger partial charge >= 0.3 is 6.03 Å². The highest BCUT2D eigenvalue weighted by Gasteiger charge is 2.40. The van der Waals surface area contributed by atoms with Crippen molar-refractivity contribution in [1.29, 1.82) is 0 Å². The molecule has 0 aromatic carbocycles. The van der Waals surface area contributed by atoms with Crippen molar-refractivity contribution in [3.63, 3.8) is 0 Å². The summed E-state index contributed by atoms with van der Waals surface area (Å²) in [7, 11) is -3.67. The summed E-state index contributed by atoms with van der Waals surface area (Å²) in [5, 5.41) is 5.48. The van der Waals surface area contributed by atoms with Gasteiger partial charge in [-0.3, -0.25) is 9.50 Å². The summed E-state index contributed by atoms with van der Waals surface area (Å²) in [5.74, 6) is 1.68. The van der Waals surface area contributed by atoms with Crippen LogP contribution in [0.15, 0.2) is 5.57 Å². The lowest BCUT2D eigenvalue weighted by atomic mass is 10.2. The molecule has 0 aliphatic carbocycles. The van der Waals surface area contributed by atoms with Crippen LogP contribution in [0.1, 0.15) is 0 Å². The summed E-state index contributed by atoms with van der Waals surface area (Å²) < 4.78 is 26.9. The van der Waals surface area contributed by atoms with Crippen LogP contribution >= 0.6 is 0 Å². The Morgan fingerprint density at radius 3 is 2.72 bits per heavy atom. The van der Waals surface area contributed by atoms with Gasteiger partial charge in [0.25, 0.3) is 10.1 Å². The van der Waals surface area contributed by atoms with Crippen LogP contribution in [0, 0.1) is 0 Å². The second-order valence-corrected chi connectivity index (χ2v) is 5.68. The molecule has 2 aliphatic rings. The fourth-order valence-corrected chi connectivity index (χ4v) is 2.64. The van der Waals surface area contributed by atoms with Crippen molar-refractivity contribution in [1.82, 2.24) is 15.5 Å². The molecule has 100 valence electrons. The van der Waals surface area contributed by atoms with Gasteiger partial charge in [0.05, 0.1) is 11.8 Å². The van der Waals surface area contributed by atoms with Gasteiger partial charge in [-0.05, 0) is 0 Å². The molecule has 2 saturated heterocycles. The molecular formula is C9H13N3O5S. The number of hydrogen-bond acceptors (Lipinski definition) is 6. The zero-order valence-corrected chi connectivity index (χ0v) is 10.5. The number of rotatable bonds is 3. The monoisotopic (exact) mass is 275 g/mol. The van der Waals surface area contributed by atoms with E-state index >= 15 is 0 Å². The first-order valence-corrected chi connectivity index (χ1v) is 7.15. The third-order valence-corrected chi connectivity index (χ3v) is 3.33. The van der Waals surface area contributed by atoms with E-state index in [2.05, 4.69) is 10.6 Å². The standard InChI is InChI=1S/C9H13N3O5S/c1-18(15,16)17-7-4-11-8(6(7)5-13)12-3-2-10-9(12)14/h7-8,11H,2-4H2,1H3,(H,10,14)/t7-,8-/m0/s1. The summed E-state index contributed by atoms with van der Waals surface area (Å²) in [5.41, 5.74) is 0.0949. The van der Waals surface area contributed by atoms with Crippen molar-refractivity contribution in [3.8, 4) is 0 Å². The minimum atomic E-state index is -3.67. The highest BCUT2D eigenvalue weighted by molar-refractivity contribution is 7.86. The first kappa shape index (κ1) is 13.0. The van der Waals surface area contributed by atoms with E-state index in [4.69, 9.17) is 4.18 Å². The average Bonchev–Trinajstić information content (AvgIpc) is 2.82. The maximum atomic E-state index is 11.5. The number of nitrogens with one attached hydrogen (secondary N) is 2. The lowest BCUT2D eigenvalue weighted by molar-refractivity contribution is 0.201. The molecule has 2 rings (SSSR count). The first-order valence-electron chi connectivity index (χ1n) is 5.33. The van der Waals surface area contributed by atoms with Gasteiger partial charge in [0.1, 0.15) is 18.2 Å². The average molecular weight is 275 g/mol. The fourth-order valence-electron chi connectivity index (χ4n) is 2.04. The highest BCUT2D eigenvalue weighted by Crippen LogP contribution is 2.21. The Kier molecular flexibility index (Phi) is 3.40. The Bertz CT molecular complexity index is 510. The van der Waals surface area contributed by atoms with Crippen LogP contribution in [0.2, 0.25) is 0 Å². The zero-order valence-electron chi connectivity index (χ0n) is 9.67. The van der Waals surface area contributed by atoms with Gasteiger partial charge in [0.15, 0.2) is 0 Å². The van der Waals surface area contributed by atoms with Crippen LogP contribution in [0.3, 0.4) is 0 Å². The molecule has 8 nitrogen and oxygen atoms in total. The topological polar surface area (TPSA) is 105 Å². The molecule has 0 aromatic rings. The van der Waals surface area contributed by atoms with Crippen LogP contribution < -0.4 is 10.6 Å². The van der Waals surface area contributed by atoms with Crippen molar-refractivity contribution >= 4 is 22.1 Å². The number of amides is 2. The van der Waals surface area contributed by atoms with E-state index in [0.717, 1.165) is 6.26 Å². The zero-order chi connectivity index (χ0) is 13.3. The molecule has 0 aromatic heterocycles. The van der Waals surface area contributed by atoms with E-state index < -0.39 is 22.4 Å². The van der Waals surface area contributed by atoms with Crippen molar-refractivity contribution in [2.45, 2.75) is 12.3 Å². The van der Waals surface area contributed by atoms with Gasteiger partial charge in [0, 0.05) is 19.6 Å². The van der Waals surface area contributed by atoms with Gasteiger partial charge in [-0.25, -0.2) is 9.59 Å². The second-order valence-electron chi connectivity index (χ2n) is 4.08. The summed E-state index contributed by atoms with van der Waals surface area (Å²) in [6, 6.07) is -0.305. The Hall–Kier alpha value is -1.41. The second kappa shape index (κ2) is 4.69. The fraction of sp³-hybridized carbons (Fsp3) is 0.667. The largest absolute Gasteiger partial charge is 0.336 e. The smallest absolute Gasteiger partial charge is 0.319 e. The van der Waals surface area contributed by atoms with Gasteiger partial charge in [-0.2, -0.15) is 8.42 Å². The van der Waals surface area contributed by atoms with E-state index in [0.29, 0.717) is 13.1 Å². The normalized spacial score (nSPS) is 28.4. The predicted molar refractivity (Wildman–Crippen MR) is 60.8 cm³/mol. The van der Waals surface area contributed by atoms with E-state index in [1.807, 2.05) is 0 Å². The molecule has 2 atom stereocenters. The van der Waals surface area contributed by atoms with Crippen molar-refractivity contribution in [2.24, 2.45) is 0 Å². The van der Waals surface area contributed by atoms with Crippen LogP contribution in [0.4, 0.5) is 4.79 Å². The number of nitrogens with zero attached hydrogens (tertiary/aromatic N) is 1. The molecule has 2 amide bonds. The number of hydrogen-bond donors (Lipinski definition) is 2. The predicted octanol–water partition coefficient (Wildman–Crippen LogP) is -1.96. The molecule has 2 fully saturated rings. The number of urea groups is 1. The minimum absolute atomic E-state index is 0.0949. The maximum Gasteiger partial charge on any atom is 0.319 e. The lowest BCUT2D eigenvalue weighted by Gasteiger charge is -2.22. The van der Waals surface area contributed by atoms with E-state index in [1.165, 1.54) is 4.90 Å². The van der Waals surface area contributed by atoms with Crippen molar-refractivity contribution in [3.05, 3.63) is 5.57 Å². The maximum absolute atomic E-state index is 11.5. The minimum Gasteiger partial charge on any atom is -0.336 e. The van der Waals surface area contributed by atoms with Gasteiger partial charge in [0.2, 0.25) is 0 Å². The Morgan fingerprint density at radius 1 is 1.50 bits per heavy atom. The summed E-state index contributed by atoms with van der Waals surface area (Å²) in [4.78, 5) is 23.8. The molecule has 2 N–H and O–H groups in total. The van der Waals surface area contributed by atoms with Crippen LogP contribution in [0.5, 0.6) is 0 Å². The molecule has 0 bridgehead atoms. The SMILES string of the molecule is CS(=O)(=O)O[C@H]1CN[C@@H](N2CCNC2=O)C1=C=O. The van der Waals surface area contributed by atoms with Crippen molar-refractivity contribution in [2.75, 3.05) is 25.9 Å².